The number of hydrogen-bond acceptors (Lipinski definition) is 2. The molecular weight excluding hydrogens is 350 g/mol. The van der Waals surface area contributed by atoms with Gasteiger partial charge in [-0.25, -0.2) is 4.39 Å². The smallest absolute Gasteiger partial charge is 0.228 e. The monoisotopic (exact) mass is 366 g/mol. The SMILES string of the molecule is O=C(Cc1ccc(Cl)c(Cl)c1)Nc1c(F)cccc1N1CCCC1. The van der Waals surface area contributed by atoms with Gasteiger partial charge in [0.25, 0.3) is 0 Å². The highest BCUT2D eigenvalue weighted by Gasteiger charge is 2.19. The molecule has 0 bridgehead atoms. The minimum atomic E-state index is -0.429. The maximum absolute atomic E-state index is 14.2. The number of amides is 1. The Hall–Kier alpha value is -1.78. The number of hydrogen-bond donors (Lipinski definition) is 1. The molecule has 3 rings (SSSR count). The molecule has 3 nitrogen and oxygen atoms in total. The van der Waals surface area contributed by atoms with Crippen molar-refractivity contribution < 1.29 is 9.18 Å². The predicted octanol–water partition coefficient (Wildman–Crippen LogP) is 4.91. The summed E-state index contributed by atoms with van der Waals surface area (Å²) in [5.74, 6) is -0.721. The highest BCUT2D eigenvalue weighted by atomic mass is 35.5. The zero-order valence-corrected chi connectivity index (χ0v) is 14.5. The average Bonchev–Trinajstić information content (AvgIpc) is 3.07. The van der Waals surface area contributed by atoms with Crippen LogP contribution in [0, 0.1) is 5.82 Å². The van der Waals surface area contributed by atoms with Crippen molar-refractivity contribution in [3.8, 4) is 0 Å². The molecule has 1 heterocycles. The molecule has 1 N–H and O–H groups in total. The fourth-order valence-electron chi connectivity index (χ4n) is 2.88. The largest absolute Gasteiger partial charge is 0.370 e. The van der Waals surface area contributed by atoms with Crippen LogP contribution < -0.4 is 10.2 Å². The van der Waals surface area contributed by atoms with E-state index in [1.54, 1.807) is 24.3 Å². The van der Waals surface area contributed by atoms with Gasteiger partial charge in [-0.05, 0) is 42.7 Å². The second kappa shape index (κ2) is 7.41. The molecule has 2 aromatic rings. The molecule has 1 aliphatic rings. The number of rotatable bonds is 4. The Morgan fingerprint density at radius 1 is 1.12 bits per heavy atom. The van der Waals surface area contributed by atoms with Crippen molar-refractivity contribution in [3.05, 3.63) is 57.8 Å². The number of para-hydroxylation sites is 1. The van der Waals surface area contributed by atoms with Crippen LogP contribution in [0.15, 0.2) is 36.4 Å². The number of nitrogens with one attached hydrogen (secondary N) is 1. The summed E-state index contributed by atoms with van der Waals surface area (Å²) in [7, 11) is 0. The molecule has 0 radical (unpaired) electrons. The predicted molar refractivity (Wildman–Crippen MR) is 96.6 cm³/mol. The van der Waals surface area contributed by atoms with Gasteiger partial charge in [-0.2, -0.15) is 0 Å². The molecule has 1 saturated heterocycles. The van der Waals surface area contributed by atoms with E-state index in [-0.39, 0.29) is 18.0 Å². The number of benzene rings is 2. The molecule has 0 atom stereocenters. The zero-order valence-electron chi connectivity index (χ0n) is 13.0. The van der Waals surface area contributed by atoms with Gasteiger partial charge in [0, 0.05) is 13.1 Å². The van der Waals surface area contributed by atoms with E-state index in [0.717, 1.165) is 37.2 Å². The van der Waals surface area contributed by atoms with Gasteiger partial charge in [0.15, 0.2) is 0 Å². The van der Waals surface area contributed by atoms with Gasteiger partial charge in [0.2, 0.25) is 5.91 Å². The highest BCUT2D eigenvalue weighted by Crippen LogP contribution is 2.31. The molecule has 0 saturated carbocycles. The summed E-state index contributed by atoms with van der Waals surface area (Å²) < 4.78 is 14.2. The quantitative estimate of drug-likeness (QED) is 0.833. The molecule has 0 aliphatic carbocycles. The molecule has 0 aromatic heterocycles. The van der Waals surface area contributed by atoms with Crippen molar-refractivity contribution in [3.63, 3.8) is 0 Å². The standard InChI is InChI=1S/C18H17Cl2FN2O/c19-13-7-6-12(10-14(13)20)11-17(24)22-18-15(21)4-3-5-16(18)23-8-1-2-9-23/h3-7,10H,1-2,8-9,11H2,(H,22,24). The lowest BCUT2D eigenvalue weighted by atomic mass is 10.1. The third kappa shape index (κ3) is 3.82. The van der Waals surface area contributed by atoms with Gasteiger partial charge in [0.05, 0.1) is 22.2 Å². The Morgan fingerprint density at radius 3 is 2.58 bits per heavy atom. The summed E-state index contributed by atoms with van der Waals surface area (Å²) in [5, 5.41) is 3.54. The molecule has 126 valence electrons. The van der Waals surface area contributed by atoms with E-state index >= 15 is 0 Å². The van der Waals surface area contributed by atoms with Crippen LogP contribution in [-0.4, -0.2) is 19.0 Å². The van der Waals surface area contributed by atoms with Crippen molar-refractivity contribution in [2.45, 2.75) is 19.3 Å². The van der Waals surface area contributed by atoms with Gasteiger partial charge in [-0.3, -0.25) is 4.79 Å². The van der Waals surface area contributed by atoms with Crippen LogP contribution >= 0.6 is 23.2 Å². The van der Waals surface area contributed by atoms with Gasteiger partial charge < -0.3 is 10.2 Å². The van der Waals surface area contributed by atoms with E-state index < -0.39 is 5.82 Å². The second-order valence-corrected chi connectivity index (χ2v) is 6.62. The first-order chi connectivity index (χ1) is 11.5. The highest BCUT2D eigenvalue weighted by molar-refractivity contribution is 6.42. The number of anilines is 2. The number of carbonyl (C=O) groups is 1. The molecule has 0 unspecified atom stereocenters. The van der Waals surface area contributed by atoms with Crippen LogP contribution in [-0.2, 0) is 11.2 Å². The second-order valence-electron chi connectivity index (χ2n) is 5.80. The van der Waals surface area contributed by atoms with E-state index in [1.165, 1.54) is 6.07 Å². The number of nitrogens with zero attached hydrogens (tertiary/aromatic N) is 1. The number of carbonyl (C=O) groups excluding carboxylic acids is 1. The van der Waals surface area contributed by atoms with Crippen molar-refractivity contribution in [1.82, 2.24) is 0 Å². The maximum Gasteiger partial charge on any atom is 0.228 e. The lowest BCUT2D eigenvalue weighted by Gasteiger charge is -2.22. The van der Waals surface area contributed by atoms with E-state index in [2.05, 4.69) is 10.2 Å². The molecule has 1 fully saturated rings. The fraction of sp³-hybridized carbons (Fsp3) is 0.278. The summed E-state index contributed by atoms with van der Waals surface area (Å²) in [6.45, 7) is 1.75. The Balaban J connectivity index is 1.77. The van der Waals surface area contributed by atoms with Crippen LogP contribution in [0.3, 0.4) is 0 Å². The van der Waals surface area contributed by atoms with Gasteiger partial charge >= 0.3 is 0 Å². The third-order valence-electron chi connectivity index (χ3n) is 4.05. The van der Waals surface area contributed by atoms with E-state index in [0.29, 0.717) is 10.0 Å². The minimum absolute atomic E-state index is 0.102. The molecule has 1 aliphatic heterocycles. The van der Waals surface area contributed by atoms with Crippen molar-refractivity contribution >= 4 is 40.5 Å². The summed E-state index contributed by atoms with van der Waals surface area (Å²) in [5.41, 5.74) is 1.69. The molecular formula is C18H17Cl2FN2O. The van der Waals surface area contributed by atoms with Gasteiger partial charge in [-0.15, -0.1) is 0 Å². The fourth-order valence-corrected chi connectivity index (χ4v) is 3.20. The summed E-state index contributed by atoms with van der Waals surface area (Å²) >= 11 is 11.8. The first kappa shape index (κ1) is 17.1. The Morgan fingerprint density at radius 2 is 1.88 bits per heavy atom. The molecule has 6 heteroatoms. The number of halogens is 3. The van der Waals surface area contributed by atoms with Gasteiger partial charge in [0.1, 0.15) is 11.5 Å². The molecule has 0 spiro atoms. The lowest BCUT2D eigenvalue weighted by molar-refractivity contribution is -0.115. The van der Waals surface area contributed by atoms with Crippen molar-refractivity contribution in [1.29, 1.82) is 0 Å². The molecule has 24 heavy (non-hydrogen) atoms. The Bertz CT molecular complexity index is 761. The van der Waals surface area contributed by atoms with E-state index in [4.69, 9.17) is 23.2 Å². The average molecular weight is 367 g/mol. The minimum Gasteiger partial charge on any atom is -0.370 e. The van der Waals surface area contributed by atoms with Crippen LogP contribution in [0.4, 0.5) is 15.8 Å². The summed E-state index contributed by atoms with van der Waals surface area (Å²) in [6.07, 6.45) is 2.25. The molecule has 2 aromatic carbocycles. The first-order valence-electron chi connectivity index (χ1n) is 7.82. The first-order valence-corrected chi connectivity index (χ1v) is 8.57. The van der Waals surface area contributed by atoms with Crippen molar-refractivity contribution in [2.75, 3.05) is 23.3 Å². The molecule has 1 amide bonds. The third-order valence-corrected chi connectivity index (χ3v) is 4.79. The summed E-state index contributed by atoms with van der Waals surface area (Å²) in [6, 6.07) is 9.88. The normalized spacial score (nSPS) is 14.0. The Labute approximate surface area is 150 Å². The lowest BCUT2D eigenvalue weighted by Crippen LogP contribution is -2.22. The van der Waals surface area contributed by atoms with Crippen LogP contribution in [0.25, 0.3) is 0 Å². The van der Waals surface area contributed by atoms with Crippen LogP contribution in [0.5, 0.6) is 0 Å². The maximum atomic E-state index is 14.2. The van der Waals surface area contributed by atoms with Crippen LogP contribution in [0.2, 0.25) is 10.0 Å². The summed E-state index contributed by atoms with van der Waals surface area (Å²) in [4.78, 5) is 14.4. The van der Waals surface area contributed by atoms with E-state index in [9.17, 15) is 9.18 Å². The Kier molecular flexibility index (Phi) is 5.27. The van der Waals surface area contributed by atoms with Crippen molar-refractivity contribution in [2.24, 2.45) is 0 Å². The topological polar surface area (TPSA) is 32.3 Å². The zero-order chi connectivity index (χ0) is 17.1. The van der Waals surface area contributed by atoms with Crippen LogP contribution in [0.1, 0.15) is 18.4 Å². The van der Waals surface area contributed by atoms with E-state index in [1.807, 2.05) is 6.07 Å². The van der Waals surface area contributed by atoms with Gasteiger partial charge in [-0.1, -0.05) is 35.3 Å².